The fourth-order valence-electron chi connectivity index (χ4n) is 3.53. The monoisotopic (exact) mass is 332 g/mol. The Bertz CT molecular complexity index is 580. The minimum atomic E-state index is -0.310. The van der Waals surface area contributed by atoms with E-state index in [-0.39, 0.29) is 17.5 Å². The highest BCUT2D eigenvalue weighted by molar-refractivity contribution is 5.78. The molecule has 0 radical (unpaired) electrons. The molecule has 2 fully saturated rings. The van der Waals surface area contributed by atoms with Crippen molar-refractivity contribution in [3.05, 3.63) is 24.3 Å². The minimum absolute atomic E-state index is 0.0460. The van der Waals surface area contributed by atoms with Crippen LogP contribution in [-0.2, 0) is 9.53 Å². The number of ether oxygens (including phenoxy) is 2. The molecule has 1 aromatic carbocycles. The summed E-state index contributed by atoms with van der Waals surface area (Å²) in [5, 5.41) is 0. The number of rotatable bonds is 5. The molecule has 5 nitrogen and oxygen atoms in total. The van der Waals surface area contributed by atoms with Gasteiger partial charge in [-0.15, -0.1) is 0 Å². The average Bonchev–Trinajstić information content (AvgIpc) is 2.86. The molecule has 0 aromatic heterocycles. The number of cyclic esters (lactones) is 1. The number of nitrogens with zero attached hydrogens (tertiary/aromatic N) is 2. The smallest absolute Gasteiger partial charge is 0.311 e. The fourth-order valence-corrected chi connectivity index (χ4v) is 3.53. The third-order valence-corrected chi connectivity index (χ3v) is 5.12. The average molecular weight is 332 g/mol. The van der Waals surface area contributed by atoms with Crippen LogP contribution in [0.25, 0.3) is 0 Å². The highest BCUT2D eigenvalue weighted by atomic mass is 16.6. The van der Waals surface area contributed by atoms with Gasteiger partial charge in [-0.1, -0.05) is 6.07 Å². The predicted octanol–water partition coefficient (Wildman–Crippen LogP) is 2.55. The van der Waals surface area contributed by atoms with Crippen LogP contribution in [0, 0.1) is 5.41 Å². The molecule has 0 aliphatic carbocycles. The first-order valence-corrected chi connectivity index (χ1v) is 8.80. The summed E-state index contributed by atoms with van der Waals surface area (Å²) in [6.07, 6.45) is 1.87. The lowest BCUT2D eigenvalue weighted by molar-refractivity contribution is -0.147. The molecule has 0 saturated carbocycles. The second kappa shape index (κ2) is 7.01. The normalized spacial score (nSPS) is 24.0. The SMILES string of the molecule is COc1cccc(N2CCN(CC[C@H]3CC(C)(C)C(=O)O3)CC2)c1. The second-order valence-electron chi connectivity index (χ2n) is 7.43. The second-order valence-corrected chi connectivity index (χ2v) is 7.43. The molecule has 2 aliphatic rings. The quantitative estimate of drug-likeness (QED) is 0.775. The Morgan fingerprint density at radius 3 is 2.62 bits per heavy atom. The number of hydrogen-bond donors (Lipinski definition) is 0. The maximum absolute atomic E-state index is 11.8. The Balaban J connectivity index is 1.45. The highest BCUT2D eigenvalue weighted by Gasteiger charge is 2.41. The van der Waals surface area contributed by atoms with E-state index in [4.69, 9.17) is 9.47 Å². The Morgan fingerprint density at radius 1 is 1.25 bits per heavy atom. The number of esters is 1. The van der Waals surface area contributed by atoms with Gasteiger partial charge in [-0.3, -0.25) is 9.69 Å². The largest absolute Gasteiger partial charge is 0.497 e. The van der Waals surface area contributed by atoms with Crippen molar-refractivity contribution in [1.29, 1.82) is 0 Å². The van der Waals surface area contributed by atoms with E-state index in [0.717, 1.165) is 51.3 Å². The predicted molar refractivity (Wildman–Crippen MR) is 94.5 cm³/mol. The van der Waals surface area contributed by atoms with Crippen molar-refractivity contribution in [3.63, 3.8) is 0 Å². The third kappa shape index (κ3) is 3.83. The molecule has 1 atom stereocenters. The molecule has 2 saturated heterocycles. The summed E-state index contributed by atoms with van der Waals surface area (Å²) in [6, 6.07) is 8.24. The molecule has 0 amide bonds. The zero-order valence-electron chi connectivity index (χ0n) is 15.0. The van der Waals surface area contributed by atoms with E-state index in [2.05, 4.69) is 21.9 Å². The van der Waals surface area contributed by atoms with Crippen LogP contribution in [-0.4, -0.2) is 56.8 Å². The summed E-state index contributed by atoms with van der Waals surface area (Å²) in [6.45, 7) is 9.07. The van der Waals surface area contributed by atoms with Gasteiger partial charge in [0.1, 0.15) is 11.9 Å². The van der Waals surface area contributed by atoms with Gasteiger partial charge in [0.2, 0.25) is 0 Å². The third-order valence-electron chi connectivity index (χ3n) is 5.12. The molecule has 0 bridgehead atoms. The molecule has 24 heavy (non-hydrogen) atoms. The number of benzene rings is 1. The van der Waals surface area contributed by atoms with Crippen LogP contribution in [0.4, 0.5) is 5.69 Å². The van der Waals surface area contributed by atoms with Crippen LogP contribution in [0.15, 0.2) is 24.3 Å². The van der Waals surface area contributed by atoms with Crippen molar-refractivity contribution in [1.82, 2.24) is 4.90 Å². The van der Waals surface area contributed by atoms with Gasteiger partial charge < -0.3 is 14.4 Å². The van der Waals surface area contributed by atoms with E-state index in [1.54, 1.807) is 7.11 Å². The Labute approximate surface area is 144 Å². The van der Waals surface area contributed by atoms with Gasteiger partial charge in [0.15, 0.2) is 0 Å². The van der Waals surface area contributed by atoms with Crippen LogP contribution in [0.5, 0.6) is 5.75 Å². The van der Waals surface area contributed by atoms with Crippen molar-refractivity contribution in [2.24, 2.45) is 5.41 Å². The van der Waals surface area contributed by atoms with E-state index >= 15 is 0 Å². The number of anilines is 1. The van der Waals surface area contributed by atoms with E-state index in [1.807, 2.05) is 26.0 Å². The maximum Gasteiger partial charge on any atom is 0.311 e. The van der Waals surface area contributed by atoms with Crippen LogP contribution in [0.3, 0.4) is 0 Å². The van der Waals surface area contributed by atoms with Gasteiger partial charge in [-0.2, -0.15) is 0 Å². The number of piperazine rings is 1. The fraction of sp³-hybridized carbons (Fsp3) is 0.632. The first-order chi connectivity index (χ1) is 11.5. The maximum atomic E-state index is 11.8. The van der Waals surface area contributed by atoms with Crippen LogP contribution < -0.4 is 9.64 Å². The lowest BCUT2D eigenvalue weighted by Crippen LogP contribution is -2.47. The van der Waals surface area contributed by atoms with Gasteiger partial charge in [0.05, 0.1) is 12.5 Å². The molecule has 5 heteroatoms. The molecule has 3 rings (SSSR count). The highest BCUT2D eigenvalue weighted by Crippen LogP contribution is 2.34. The summed E-state index contributed by atoms with van der Waals surface area (Å²) in [7, 11) is 1.70. The summed E-state index contributed by atoms with van der Waals surface area (Å²) < 4.78 is 10.8. The van der Waals surface area contributed by atoms with Crippen LogP contribution >= 0.6 is 0 Å². The minimum Gasteiger partial charge on any atom is -0.497 e. The van der Waals surface area contributed by atoms with Crippen LogP contribution in [0.1, 0.15) is 26.7 Å². The molecular weight excluding hydrogens is 304 g/mol. The molecule has 0 unspecified atom stereocenters. The van der Waals surface area contributed by atoms with E-state index in [9.17, 15) is 4.79 Å². The zero-order chi connectivity index (χ0) is 17.2. The summed E-state index contributed by atoms with van der Waals surface area (Å²) in [5.41, 5.74) is 0.913. The van der Waals surface area contributed by atoms with Crippen molar-refractivity contribution in [2.45, 2.75) is 32.8 Å². The molecular formula is C19H28N2O3. The van der Waals surface area contributed by atoms with E-state index in [1.165, 1.54) is 5.69 Å². The van der Waals surface area contributed by atoms with Crippen molar-refractivity contribution >= 4 is 11.7 Å². The first-order valence-electron chi connectivity index (χ1n) is 8.80. The van der Waals surface area contributed by atoms with Crippen molar-refractivity contribution in [3.8, 4) is 5.75 Å². The van der Waals surface area contributed by atoms with Gasteiger partial charge in [-0.05, 0) is 38.8 Å². The molecule has 2 aliphatic heterocycles. The van der Waals surface area contributed by atoms with E-state index < -0.39 is 0 Å². The topological polar surface area (TPSA) is 42.0 Å². The lowest BCUT2D eigenvalue weighted by Gasteiger charge is -2.36. The Kier molecular flexibility index (Phi) is 4.99. The molecule has 1 aromatic rings. The standard InChI is InChI=1S/C19H28N2O3/c1-19(2)14-17(24-18(19)22)7-8-20-9-11-21(12-10-20)15-5-4-6-16(13-15)23-3/h4-6,13,17H,7-12,14H2,1-3H3/t17-/m0/s1. The molecule has 132 valence electrons. The number of methoxy groups -OCH3 is 1. The Hall–Kier alpha value is -1.75. The number of carbonyl (C=O) groups is 1. The van der Waals surface area contributed by atoms with Gasteiger partial charge in [-0.25, -0.2) is 0 Å². The van der Waals surface area contributed by atoms with E-state index in [0.29, 0.717) is 0 Å². The summed E-state index contributed by atoms with van der Waals surface area (Å²) >= 11 is 0. The van der Waals surface area contributed by atoms with Crippen molar-refractivity contribution in [2.75, 3.05) is 44.7 Å². The zero-order valence-corrected chi connectivity index (χ0v) is 15.0. The van der Waals surface area contributed by atoms with Crippen LogP contribution in [0.2, 0.25) is 0 Å². The Morgan fingerprint density at radius 2 is 2.00 bits per heavy atom. The lowest BCUT2D eigenvalue weighted by atomic mass is 9.89. The first kappa shape index (κ1) is 17.1. The number of carbonyl (C=O) groups excluding carboxylic acids is 1. The van der Waals surface area contributed by atoms with Crippen molar-refractivity contribution < 1.29 is 14.3 Å². The summed E-state index contributed by atoms with van der Waals surface area (Å²) in [4.78, 5) is 16.6. The van der Waals surface area contributed by atoms with Gasteiger partial charge in [0.25, 0.3) is 0 Å². The van der Waals surface area contributed by atoms with Gasteiger partial charge in [0, 0.05) is 44.5 Å². The number of hydrogen-bond acceptors (Lipinski definition) is 5. The molecule has 0 N–H and O–H groups in total. The summed E-state index contributed by atoms with van der Waals surface area (Å²) in [5.74, 6) is 0.857. The molecule has 2 heterocycles. The van der Waals surface area contributed by atoms with Gasteiger partial charge >= 0.3 is 5.97 Å². The molecule has 0 spiro atoms.